The molecule has 2 aromatic rings. The molecule has 1 aromatic carbocycles. The highest BCUT2D eigenvalue weighted by atomic mass is 32.2. The van der Waals surface area contributed by atoms with Crippen molar-refractivity contribution < 1.29 is 0 Å². The van der Waals surface area contributed by atoms with Gasteiger partial charge in [0.15, 0.2) is 0 Å². The Hall–Kier alpha value is -1.99. The number of aryl methyl sites for hydroxylation is 2. The van der Waals surface area contributed by atoms with Crippen LogP contribution in [0, 0.1) is 11.3 Å². The van der Waals surface area contributed by atoms with Crippen LogP contribution in [0.5, 0.6) is 0 Å². The standard InChI is InChI=1S/C16H15N3S/c1-20-15-8-3-2-6-14(15)19-16-12(10-17)9-11-5-4-7-13(11)18-16/h2-3,6,8-9H,4-5,7H2,1H3,(H,18,19). The summed E-state index contributed by atoms with van der Waals surface area (Å²) in [4.78, 5) is 5.80. The number of fused-ring (bicyclic) bond motifs is 1. The summed E-state index contributed by atoms with van der Waals surface area (Å²) in [5.74, 6) is 0.676. The first kappa shape index (κ1) is 13.0. The van der Waals surface area contributed by atoms with Gasteiger partial charge in [-0.05, 0) is 49.3 Å². The number of benzene rings is 1. The number of nitriles is 1. The average molecular weight is 281 g/mol. The van der Waals surface area contributed by atoms with Crippen molar-refractivity contribution in [3.05, 3.63) is 47.2 Å². The molecule has 3 rings (SSSR count). The van der Waals surface area contributed by atoms with Gasteiger partial charge in [-0.2, -0.15) is 5.26 Å². The Morgan fingerprint density at radius 1 is 1.30 bits per heavy atom. The Morgan fingerprint density at radius 3 is 2.95 bits per heavy atom. The van der Waals surface area contributed by atoms with E-state index in [-0.39, 0.29) is 0 Å². The molecule has 100 valence electrons. The summed E-state index contributed by atoms with van der Waals surface area (Å²) >= 11 is 1.68. The number of anilines is 2. The molecule has 0 radical (unpaired) electrons. The molecule has 0 spiro atoms. The smallest absolute Gasteiger partial charge is 0.148 e. The van der Waals surface area contributed by atoms with Crippen molar-refractivity contribution >= 4 is 23.3 Å². The van der Waals surface area contributed by atoms with Gasteiger partial charge in [0.05, 0.1) is 11.3 Å². The lowest BCUT2D eigenvalue weighted by Gasteiger charge is -2.12. The normalized spacial score (nSPS) is 12.8. The van der Waals surface area contributed by atoms with Crippen LogP contribution < -0.4 is 5.32 Å². The molecule has 4 heteroatoms. The molecule has 3 nitrogen and oxygen atoms in total. The molecule has 0 aliphatic heterocycles. The molecule has 0 unspecified atom stereocenters. The number of pyridine rings is 1. The van der Waals surface area contributed by atoms with Crippen molar-refractivity contribution in [2.45, 2.75) is 24.2 Å². The van der Waals surface area contributed by atoms with E-state index in [0.29, 0.717) is 11.4 Å². The largest absolute Gasteiger partial charge is 0.338 e. The van der Waals surface area contributed by atoms with E-state index >= 15 is 0 Å². The maximum Gasteiger partial charge on any atom is 0.148 e. The van der Waals surface area contributed by atoms with Crippen LogP contribution in [0.1, 0.15) is 23.2 Å². The number of nitrogens with zero attached hydrogens (tertiary/aromatic N) is 2. The Labute approximate surface area is 123 Å². The summed E-state index contributed by atoms with van der Waals surface area (Å²) < 4.78 is 0. The second kappa shape index (κ2) is 5.56. The molecule has 0 atom stereocenters. The lowest BCUT2D eigenvalue weighted by atomic mass is 10.1. The van der Waals surface area contributed by atoms with Gasteiger partial charge >= 0.3 is 0 Å². The summed E-state index contributed by atoms with van der Waals surface area (Å²) in [5, 5.41) is 12.6. The number of hydrogen-bond donors (Lipinski definition) is 1. The summed E-state index contributed by atoms with van der Waals surface area (Å²) in [5.41, 5.74) is 3.99. The van der Waals surface area contributed by atoms with E-state index in [1.807, 2.05) is 30.5 Å². The molecule has 0 bridgehead atoms. The lowest BCUT2D eigenvalue weighted by molar-refractivity contribution is 0.900. The predicted molar refractivity (Wildman–Crippen MR) is 82.5 cm³/mol. The maximum absolute atomic E-state index is 9.32. The summed E-state index contributed by atoms with van der Waals surface area (Å²) in [6, 6.07) is 12.3. The first-order valence-electron chi connectivity index (χ1n) is 6.65. The van der Waals surface area contributed by atoms with Gasteiger partial charge in [-0.15, -0.1) is 11.8 Å². The van der Waals surface area contributed by atoms with Crippen LogP contribution in [0.2, 0.25) is 0 Å². The monoisotopic (exact) mass is 281 g/mol. The van der Waals surface area contributed by atoms with Crippen LogP contribution in [0.15, 0.2) is 35.2 Å². The third-order valence-electron chi connectivity index (χ3n) is 3.53. The first-order chi connectivity index (χ1) is 9.81. The van der Waals surface area contributed by atoms with Crippen LogP contribution in [-0.2, 0) is 12.8 Å². The molecule has 1 N–H and O–H groups in total. The van der Waals surface area contributed by atoms with Crippen molar-refractivity contribution in [3.63, 3.8) is 0 Å². The molecule has 1 aliphatic rings. The Morgan fingerprint density at radius 2 is 2.15 bits per heavy atom. The fourth-order valence-electron chi connectivity index (χ4n) is 2.53. The van der Waals surface area contributed by atoms with Gasteiger partial charge in [-0.1, -0.05) is 12.1 Å². The molecule has 1 aromatic heterocycles. The Kier molecular flexibility index (Phi) is 3.62. The molecule has 1 heterocycles. The van der Waals surface area contributed by atoms with Crippen LogP contribution in [0.4, 0.5) is 11.5 Å². The van der Waals surface area contributed by atoms with Crippen molar-refractivity contribution in [1.29, 1.82) is 5.26 Å². The summed E-state index contributed by atoms with van der Waals surface area (Å²) in [6.07, 6.45) is 5.23. The zero-order valence-electron chi connectivity index (χ0n) is 11.3. The predicted octanol–water partition coefficient (Wildman–Crippen LogP) is 3.91. The van der Waals surface area contributed by atoms with Crippen molar-refractivity contribution in [1.82, 2.24) is 4.98 Å². The van der Waals surface area contributed by atoms with Gasteiger partial charge in [0.2, 0.25) is 0 Å². The van der Waals surface area contributed by atoms with E-state index in [1.165, 1.54) is 5.56 Å². The van der Waals surface area contributed by atoms with Gasteiger partial charge in [-0.25, -0.2) is 4.98 Å². The molecular weight excluding hydrogens is 266 g/mol. The van der Waals surface area contributed by atoms with Crippen molar-refractivity contribution in [3.8, 4) is 6.07 Å². The van der Waals surface area contributed by atoms with E-state index in [4.69, 9.17) is 0 Å². The number of rotatable bonds is 3. The van der Waals surface area contributed by atoms with Gasteiger partial charge < -0.3 is 5.32 Å². The third-order valence-corrected chi connectivity index (χ3v) is 4.33. The molecule has 0 fully saturated rings. The minimum absolute atomic E-state index is 0.626. The second-order valence-electron chi connectivity index (χ2n) is 4.78. The highest BCUT2D eigenvalue weighted by Gasteiger charge is 2.16. The fourth-order valence-corrected chi connectivity index (χ4v) is 3.08. The molecule has 0 amide bonds. The lowest BCUT2D eigenvalue weighted by Crippen LogP contribution is -2.01. The number of para-hydroxylation sites is 1. The maximum atomic E-state index is 9.32. The van der Waals surface area contributed by atoms with Gasteiger partial charge in [0.25, 0.3) is 0 Å². The van der Waals surface area contributed by atoms with Crippen LogP contribution >= 0.6 is 11.8 Å². The summed E-state index contributed by atoms with van der Waals surface area (Å²) in [6.45, 7) is 0. The Balaban J connectivity index is 2.00. The van der Waals surface area contributed by atoms with Crippen LogP contribution in [-0.4, -0.2) is 11.2 Å². The summed E-state index contributed by atoms with van der Waals surface area (Å²) in [7, 11) is 0. The van der Waals surface area contributed by atoms with Crippen LogP contribution in [0.3, 0.4) is 0 Å². The third kappa shape index (κ3) is 2.37. The molecule has 0 saturated heterocycles. The van der Waals surface area contributed by atoms with E-state index in [0.717, 1.165) is 35.5 Å². The topological polar surface area (TPSA) is 48.7 Å². The minimum atomic E-state index is 0.626. The van der Waals surface area contributed by atoms with Gasteiger partial charge in [0, 0.05) is 10.6 Å². The van der Waals surface area contributed by atoms with Gasteiger partial charge in [-0.3, -0.25) is 0 Å². The second-order valence-corrected chi connectivity index (χ2v) is 5.63. The zero-order chi connectivity index (χ0) is 13.9. The number of thioether (sulfide) groups is 1. The molecule has 0 saturated carbocycles. The molecular formula is C16H15N3S. The number of nitrogens with one attached hydrogen (secondary N) is 1. The van der Waals surface area contributed by atoms with Crippen LogP contribution in [0.25, 0.3) is 0 Å². The number of hydrogen-bond acceptors (Lipinski definition) is 4. The molecule has 1 aliphatic carbocycles. The minimum Gasteiger partial charge on any atom is -0.338 e. The quantitative estimate of drug-likeness (QED) is 0.867. The van der Waals surface area contributed by atoms with E-state index in [1.54, 1.807) is 11.8 Å². The average Bonchev–Trinajstić information content (AvgIpc) is 2.94. The number of aromatic nitrogens is 1. The highest BCUT2D eigenvalue weighted by molar-refractivity contribution is 7.98. The Bertz CT molecular complexity index is 689. The van der Waals surface area contributed by atoms with Gasteiger partial charge in [0.1, 0.15) is 11.9 Å². The van der Waals surface area contributed by atoms with Crippen molar-refractivity contribution in [2.24, 2.45) is 0 Å². The SMILES string of the molecule is CSc1ccccc1Nc1nc2c(cc1C#N)CCC2. The van der Waals surface area contributed by atoms with E-state index in [9.17, 15) is 5.26 Å². The van der Waals surface area contributed by atoms with E-state index in [2.05, 4.69) is 22.4 Å². The van der Waals surface area contributed by atoms with Crippen molar-refractivity contribution in [2.75, 3.05) is 11.6 Å². The highest BCUT2D eigenvalue weighted by Crippen LogP contribution is 2.30. The zero-order valence-corrected chi connectivity index (χ0v) is 12.1. The molecule has 20 heavy (non-hydrogen) atoms. The van der Waals surface area contributed by atoms with E-state index < -0.39 is 0 Å². The first-order valence-corrected chi connectivity index (χ1v) is 7.87. The fraction of sp³-hybridized carbons (Fsp3) is 0.250.